The molecule has 2 N–H and O–H groups in total. The number of aliphatic hydroxyl groups is 1. The third kappa shape index (κ3) is 6.63. The maximum Gasteiger partial charge on any atom is 0.410 e. The van der Waals surface area contributed by atoms with Gasteiger partial charge in [-0.05, 0) is 75.2 Å². The molecule has 0 radical (unpaired) electrons. The number of nitrogens with one attached hydrogen (secondary N) is 1. The highest BCUT2D eigenvalue weighted by Gasteiger charge is 2.47. The van der Waals surface area contributed by atoms with Gasteiger partial charge in [-0.1, -0.05) is 12.1 Å². The van der Waals surface area contributed by atoms with Crippen LogP contribution in [0.25, 0.3) is 5.69 Å². The summed E-state index contributed by atoms with van der Waals surface area (Å²) < 4.78 is 20.6. The Morgan fingerprint density at radius 3 is 2.42 bits per heavy atom. The van der Waals surface area contributed by atoms with Crippen molar-refractivity contribution in [1.82, 2.24) is 20.0 Å². The number of aliphatic hydroxyl groups excluding tert-OH is 1. The maximum atomic E-state index is 13.4. The van der Waals surface area contributed by atoms with Crippen LogP contribution in [-0.4, -0.2) is 68.4 Å². The monoisotopic (exact) mass is 522 g/mol. The molecule has 9 nitrogen and oxygen atoms in total. The fourth-order valence-corrected chi connectivity index (χ4v) is 4.22. The highest BCUT2D eigenvalue weighted by Crippen LogP contribution is 2.45. The van der Waals surface area contributed by atoms with E-state index < -0.39 is 36.0 Å². The largest absolute Gasteiger partial charge is 0.444 e. The van der Waals surface area contributed by atoms with E-state index in [2.05, 4.69) is 10.4 Å². The van der Waals surface area contributed by atoms with Crippen molar-refractivity contribution in [3.05, 3.63) is 83.9 Å². The molecule has 0 aliphatic heterocycles. The topological polar surface area (TPSA) is 114 Å². The first-order valence-electron chi connectivity index (χ1n) is 12.4. The molecular weight excluding hydrogens is 491 g/mol. The number of Topliss-reactive ketones (excluding diaryl/α,β-unsaturated/α-hetero) is 1. The second-order valence-corrected chi connectivity index (χ2v) is 10.2. The number of hydrogen-bond donors (Lipinski definition) is 2. The average Bonchev–Trinajstić information content (AvgIpc) is 3.46. The van der Waals surface area contributed by atoms with E-state index in [1.807, 2.05) is 0 Å². The fraction of sp³-hybridized carbons (Fsp3) is 0.357. The van der Waals surface area contributed by atoms with Crippen LogP contribution in [0.15, 0.2) is 67.0 Å². The zero-order valence-corrected chi connectivity index (χ0v) is 21.5. The first-order chi connectivity index (χ1) is 18.1. The summed E-state index contributed by atoms with van der Waals surface area (Å²) in [5, 5.41) is 16.4. The number of halogens is 1. The summed E-state index contributed by atoms with van der Waals surface area (Å²) in [4.78, 5) is 40.3. The van der Waals surface area contributed by atoms with Crippen molar-refractivity contribution in [3.8, 4) is 5.69 Å². The Morgan fingerprint density at radius 2 is 1.84 bits per heavy atom. The first-order valence-corrected chi connectivity index (χ1v) is 12.4. The standard InChI is InChI=1S/C28H31FN4O5/c1-28(2,3)38-27(37)32(24-15-22(24)18-5-9-20(29)10-6-18)16-23(25(35)17-34)31-26(36)19-7-11-21(12-8-19)33-14-4-13-30-33/h4-14,22-24,34H,15-17H2,1-3H3,(H,31,36)/t22-,23-,24+/m0/s1. The zero-order chi connectivity index (χ0) is 27.4. The summed E-state index contributed by atoms with van der Waals surface area (Å²) in [7, 11) is 0. The molecule has 1 aliphatic rings. The van der Waals surface area contributed by atoms with Crippen LogP contribution < -0.4 is 5.32 Å². The van der Waals surface area contributed by atoms with Gasteiger partial charge in [0.15, 0.2) is 5.78 Å². The number of aromatic nitrogens is 2. The summed E-state index contributed by atoms with van der Waals surface area (Å²) in [5.74, 6) is -1.60. The number of carbonyl (C=O) groups excluding carboxylic acids is 3. The minimum Gasteiger partial charge on any atom is -0.444 e. The Labute approximate surface area is 220 Å². The van der Waals surface area contributed by atoms with Crippen molar-refractivity contribution in [1.29, 1.82) is 0 Å². The van der Waals surface area contributed by atoms with E-state index in [0.29, 0.717) is 12.0 Å². The number of ether oxygens (including phenoxy) is 1. The first kappa shape index (κ1) is 27.0. The molecule has 1 aliphatic carbocycles. The number of rotatable bonds is 9. The predicted molar refractivity (Wildman–Crippen MR) is 137 cm³/mol. The van der Waals surface area contributed by atoms with Gasteiger partial charge < -0.3 is 20.1 Å². The summed E-state index contributed by atoms with van der Waals surface area (Å²) in [5.41, 5.74) is 1.13. The SMILES string of the molecule is CC(C)(C)OC(=O)N(C[C@H](NC(=O)c1ccc(-n2cccn2)cc1)C(=O)CO)[C@@H]1C[C@H]1c1ccc(F)cc1. The van der Waals surface area contributed by atoms with E-state index in [4.69, 9.17) is 4.74 Å². The lowest BCUT2D eigenvalue weighted by molar-refractivity contribution is -0.124. The molecule has 10 heteroatoms. The molecule has 0 bridgehead atoms. The Morgan fingerprint density at radius 1 is 1.16 bits per heavy atom. The maximum absolute atomic E-state index is 13.4. The van der Waals surface area contributed by atoms with Crippen LogP contribution in [0.1, 0.15) is 49.0 Å². The number of nitrogens with zero attached hydrogens (tertiary/aromatic N) is 3. The third-order valence-electron chi connectivity index (χ3n) is 6.21. The molecule has 1 saturated carbocycles. The Kier molecular flexibility index (Phi) is 7.91. The van der Waals surface area contributed by atoms with E-state index in [1.165, 1.54) is 17.0 Å². The second-order valence-electron chi connectivity index (χ2n) is 10.2. The zero-order valence-electron chi connectivity index (χ0n) is 21.5. The summed E-state index contributed by atoms with van der Waals surface area (Å²) >= 11 is 0. The van der Waals surface area contributed by atoms with Crippen LogP contribution >= 0.6 is 0 Å². The summed E-state index contributed by atoms with van der Waals surface area (Å²) in [6.45, 7) is 4.21. The normalized spacial score (nSPS) is 17.4. The lowest BCUT2D eigenvalue weighted by atomic mass is 10.1. The van der Waals surface area contributed by atoms with Gasteiger partial charge in [-0.2, -0.15) is 5.10 Å². The van der Waals surface area contributed by atoms with Crippen LogP contribution in [-0.2, 0) is 9.53 Å². The van der Waals surface area contributed by atoms with Crippen molar-refractivity contribution >= 4 is 17.8 Å². The van der Waals surface area contributed by atoms with Gasteiger partial charge in [0, 0.05) is 29.9 Å². The van der Waals surface area contributed by atoms with Gasteiger partial charge in [-0.3, -0.25) is 9.59 Å². The molecule has 2 amide bonds. The third-order valence-corrected chi connectivity index (χ3v) is 6.21. The quantitative estimate of drug-likeness (QED) is 0.445. The molecule has 4 rings (SSSR count). The molecule has 0 spiro atoms. The minimum absolute atomic E-state index is 0.0708. The molecule has 38 heavy (non-hydrogen) atoms. The van der Waals surface area contributed by atoms with Crippen molar-refractivity contribution in [2.24, 2.45) is 0 Å². The number of amides is 2. The van der Waals surface area contributed by atoms with E-state index in [0.717, 1.165) is 11.3 Å². The van der Waals surface area contributed by atoms with Gasteiger partial charge >= 0.3 is 6.09 Å². The van der Waals surface area contributed by atoms with Crippen molar-refractivity contribution in [2.45, 2.75) is 50.8 Å². The predicted octanol–water partition coefficient (Wildman–Crippen LogP) is 3.46. The summed E-state index contributed by atoms with van der Waals surface area (Å²) in [6, 6.07) is 13.0. The highest BCUT2D eigenvalue weighted by molar-refractivity contribution is 5.98. The van der Waals surface area contributed by atoms with E-state index in [1.54, 1.807) is 80.3 Å². The minimum atomic E-state index is -1.17. The molecule has 200 valence electrons. The van der Waals surface area contributed by atoms with Gasteiger partial charge in [0.05, 0.1) is 12.2 Å². The molecule has 1 heterocycles. The number of benzene rings is 2. The van der Waals surface area contributed by atoms with Gasteiger partial charge in [-0.15, -0.1) is 0 Å². The highest BCUT2D eigenvalue weighted by atomic mass is 19.1. The van der Waals surface area contributed by atoms with Gasteiger partial charge in [0.2, 0.25) is 0 Å². The van der Waals surface area contributed by atoms with Crippen LogP contribution in [0, 0.1) is 5.82 Å². The summed E-state index contributed by atoms with van der Waals surface area (Å²) in [6.07, 6.45) is 3.37. The van der Waals surface area contributed by atoms with Crippen molar-refractivity contribution in [2.75, 3.05) is 13.2 Å². The molecule has 3 aromatic rings. The lowest BCUT2D eigenvalue weighted by Crippen LogP contribution is -2.52. The van der Waals surface area contributed by atoms with Crippen LogP contribution in [0.2, 0.25) is 0 Å². The van der Waals surface area contributed by atoms with Gasteiger partial charge in [0.25, 0.3) is 5.91 Å². The molecule has 2 aromatic carbocycles. The molecule has 1 aromatic heterocycles. The molecular formula is C28H31FN4O5. The van der Waals surface area contributed by atoms with Crippen LogP contribution in [0.3, 0.4) is 0 Å². The molecule has 3 atom stereocenters. The Hall–Kier alpha value is -4.05. The van der Waals surface area contributed by atoms with Crippen LogP contribution in [0.4, 0.5) is 9.18 Å². The Bertz CT molecular complexity index is 1270. The lowest BCUT2D eigenvalue weighted by Gasteiger charge is -2.30. The van der Waals surface area contributed by atoms with Crippen LogP contribution in [0.5, 0.6) is 0 Å². The smallest absolute Gasteiger partial charge is 0.410 e. The van der Waals surface area contributed by atoms with Crippen molar-refractivity contribution in [3.63, 3.8) is 0 Å². The number of hydrogen-bond acceptors (Lipinski definition) is 6. The van der Waals surface area contributed by atoms with Crippen molar-refractivity contribution < 1.29 is 28.6 Å². The number of ketones is 1. The van der Waals surface area contributed by atoms with Gasteiger partial charge in [-0.25, -0.2) is 13.9 Å². The molecule has 0 saturated heterocycles. The fourth-order valence-electron chi connectivity index (χ4n) is 4.22. The number of carbonyl (C=O) groups is 3. The Balaban J connectivity index is 1.52. The average molecular weight is 523 g/mol. The van der Waals surface area contributed by atoms with E-state index in [-0.39, 0.29) is 24.3 Å². The molecule has 0 unspecified atom stereocenters. The van der Waals surface area contributed by atoms with E-state index >= 15 is 0 Å². The van der Waals surface area contributed by atoms with Gasteiger partial charge in [0.1, 0.15) is 24.1 Å². The molecule has 1 fully saturated rings. The second kappa shape index (κ2) is 11.1. The van der Waals surface area contributed by atoms with E-state index in [9.17, 15) is 23.9 Å².